The van der Waals surface area contributed by atoms with Crippen molar-refractivity contribution >= 4 is 29.1 Å². The Morgan fingerprint density at radius 2 is 2.05 bits per heavy atom. The van der Waals surface area contributed by atoms with Gasteiger partial charge in [0.2, 0.25) is 5.95 Å². The Kier molecular flexibility index (Phi) is 4.10. The molecule has 5 nitrogen and oxygen atoms in total. The van der Waals surface area contributed by atoms with E-state index in [1.54, 1.807) is 6.07 Å². The molecule has 1 atom stereocenters. The highest BCUT2D eigenvalue weighted by atomic mass is 35.5. The van der Waals surface area contributed by atoms with Gasteiger partial charge in [0.1, 0.15) is 11.0 Å². The zero-order chi connectivity index (χ0) is 14.7. The highest BCUT2D eigenvalue weighted by molar-refractivity contribution is 6.29. The quantitative estimate of drug-likeness (QED) is 0.854. The van der Waals surface area contributed by atoms with Gasteiger partial charge in [-0.3, -0.25) is 0 Å². The van der Waals surface area contributed by atoms with E-state index in [0.29, 0.717) is 11.2 Å². The minimum absolute atomic E-state index is 0.218. The Balaban J connectivity index is 1.70. The SMILES string of the molecule is Nc1nc(Cl)cc(N2CCCC(Nc3ccccc3)C2)n1. The van der Waals surface area contributed by atoms with E-state index in [4.69, 9.17) is 17.3 Å². The molecule has 1 aromatic carbocycles. The number of nitrogens with zero attached hydrogens (tertiary/aromatic N) is 3. The Bertz CT molecular complexity index is 584. The summed E-state index contributed by atoms with van der Waals surface area (Å²) < 4.78 is 0. The molecule has 0 radical (unpaired) electrons. The summed E-state index contributed by atoms with van der Waals surface area (Å²) in [5.41, 5.74) is 6.82. The molecule has 0 aliphatic carbocycles. The molecule has 1 fully saturated rings. The van der Waals surface area contributed by atoms with Crippen LogP contribution in [0.3, 0.4) is 0 Å². The number of aromatic nitrogens is 2. The van der Waals surface area contributed by atoms with Crippen LogP contribution in [0.25, 0.3) is 0 Å². The lowest BCUT2D eigenvalue weighted by Crippen LogP contribution is -2.42. The number of hydrogen-bond donors (Lipinski definition) is 2. The highest BCUT2D eigenvalue weighted by Crippen LogP contribution is 2.22. The molecule has 2 aromatic rings. The Hall–Kier alpha value is -2.01. The number of nitrogens with two attached hydrogens (primary N) is 1. The van der Waals surface area contributed by atoms with E-state index >= 15 is 0 Å². The molecule has 1 aliphatic rings. The zero-order valence-corrected chi connectivity index (χ0v) is 12.4. The van der Waals surface area contributed by atoms with Gasteiger partial charge in [0.05, 0.1) is 0 Å². The van der Waals surface area contributed by atoms with E-state index in [0.717, 1.165) is 37.4 Å². The van der Waals surface area contributed by atoms with Crippen LogP contribution >= 0.6 is 11.6 Å². The maximum atomic E-state index is 5.96. The van der Waals surface area contributed by atoms with Gasteiger partial charge in [-0.05, 0) is 25.0 Å². The highest BCUT2D eigenvalue weighted by Gasteiger charge is 2.21. The van der Waals surface area contributed by atoms with Crippen molar-refractivity contribution < 1.29 is 0 Å². The Morgan fingerprint density at radius 3 is 2.81 bits per heavy atom. The molecule has 21 heavy (non-hydrogen) atoms. The maximum absolute atomic E-state index is 5.96. The molecule has 0 amide bonds. The number of anilines is 3. The van der Waals surface area contributed by atoms with Crippen LogP contribution in [0.1, 0.15) is 12.8 Å². The van der Waals surface area contributed by atoms with E-state index in [1.807, 2.05) is 18.2 Å². The third-order valence-corrected chi connectivity index (χ3v) is 3.78. The van der Waals surface area contributed by atoms with Crippen molar-refractivity contribution in [3.8, 4) is 0 Å². The van der Waals surface area contributed by atoms with Crippen molar-refractivity contribution in [1.29, 1.82) is 0 Å². The van der Waals surface area contributed by atoms with E-state index in [1.165, 1.54) is 0 Å². The summed E-state index contributed by atoms with van der Waals surface area (Å²) in [6.45, 7) is 1.83. The maximum Gasteiger partial charge on any atom is 0.223 e. The van der Waals surface area contributed by atoms with Gasteiger partial charge in [0.25, 0.3) is 0 Å². The molecule has 0 bridgehead atoms. The fourth-order valence-electron chi connectivity index (χ4n) is 2.66. The summed E-state index contributed by atoms with van der Waals surface area (Å²) in [5, 5.41) is 3.95. The average Bonchev–Trinajstić information content (AvgIpc) is 2.47. The second-order valence-electron chi connectivity index (χ2n) is 5.20. The molecule has 1 saturated heterocycles. The molecule has 3 rings (SSSR count). The van der Waals surface area contributed by atoms with Crippen LogP contribution in [0.5, 0.6) is 0 Å². The van der Waals surface area contributed by atoms with Gasteiger partial charge in [-0.2, -0.15) is 4.98 Å². The monoisotopic (exact) mass is 303 g/mol. The third-order valence-electron chi connectivity index (χ3n) is 3.59. The van der Waals surface area contributed by atoms with Crippen LogP contribution in [0.4, 0.5) is 17.5 Å². The lowest BCUT2D eigenvalue weighted by Gasteiger charge is -2.34. The van der Waals surface area contributed by atoms with Crippen molar-refractivity contribution in [2.45, 2.75) is 18.9 Å². The van der Waals surface area contributed by atoms with Gasteiger partial charge in [-0.15, -0.1) is 0 Å². The van der Waals surface area contributed by atoms with Crippen LogP contribution in [0.2, 0.25) is 5.15 Å². The summed E-state index contributed by atoms with van der Waals surface area (Å²) in [6, 6.07) is 12.4. The van der Waals surface area contributed by atoms with E-state index in [-0.39, 0.29) is 5.95 Å². The molecule has 2 heterocycles. The summed E-state index contributed by atoms with van der Waals surface area (Å²) in [5.74, 6) is 1.02. The second kappa shape index (κ2) is 6.18. The normalized spacial score (nSPS) is 18.5. The number of para-hydroxylation sites is 1. The molecule has 1 aromatic heterocycles. The average molecular weight is 304 g/mol. The van der Waals surface area contributed by atoms with Gasteiger partial charge in [-0.1, -0.05) is 29.8 Å². The summed E-state index contributed by atoms with van der Waals surface area (Å²) in [4.78, 5) is 10.4. The van der Waals surface area contributed by atoms with Gasteiger partial charge in [-0.25, -0.2) is 4.98 Å². The van der Waals surface area contributed by atoms with Gasteiger partial charge < -0.3 is 16.0 Å². The third kappa shape index (κ3) is 3.55. The molecule has 0 spiro atoms. The molecule has 3 N–H and O–H groups in total. The van der Waals surface area contributed by atoms with Crippen LogP contribution in [-0.2, 0) is 0 Å². The smallest absolute Gasteiger partial charge is 0.223 e. The van der Waals surface area contributed by atoms with E-state index < -0.39 is 0 Å². The molecule has 0 saturated carbocycles. The topological polar surface area (TPSA) is 67.1 Å². The van der Waals surface area contributed by atoms with Gasteiger partial charge in [0, 0.05) is 30.9 Å². The van der Waals surface area contributed by atoms with Gasteiger partial charge >= 0.3 is 0 Å². The molecule has 6 heteroatoms. The zero-order valence-electron chi connectivity index (χ0n) is 11.7. The first-order chi connectivity index (χ1) is 10.2. The van der Waals surface area contributed by atoms with Crippen LogP contribution in [0, 0.1) is 0 Å². The first kappa shape index (κ1) is 13.9. The largest absolute Gasteiger partial charge is 0.381 e. The number of piperidine rings is 1. The van der Waals surface area contributed by atoms with Crippen molar-refractivity contribution in [1.82, 2.24) is 9.97 Å². The molecule has 1 unspecified atom stereocenters. The predicted octanol–water partition coefficient (Wildman–Crippen LogP) is 2.79. The Morgan fingerprint density at radius 1 is 1.24 bits per heavy atom. The second-order valence-corrected chi connectivity index (χ2v) is 5.59. The van der Waals surface area contributed by atoms with Crippen LogP contribution < -0.4 is 16.0 Å². The first-order valence-electron chi connectivity index (χ1n) is 7.07. The molecule has 110 valence electrons. The van der Waals surface area contributed by atoms with Crippen LogP contribution in [0.15, 0.2) is 36.4 Å². The number of halogens is 1. The van der Waals surface area contributed by atoms with Crippen molar-refractivity contribution in [3.63, 3.8) is 0 Å². The van der Waals surface area contributed by atoms with Crippen molar-refractivity contribution in [3.05, 3.63) is 41.6 Å². The van der Waals surface area contributed by atoms with E-state index in [2.05, 4.69) is 32.3 Å². The molecule has 1 aliphatic heterocycles. The number of rotatable bonds is 3. The number of hydrogen-bond acceptors (Lipinski definition) is 5. The molecular formula is C15H18ClN5. The lowest BCUT2D eigenvalue weighted by molar-refractivity contribution is 0.527. The Labute approximate surface area is 129 Å². The minimum atomic E-state index is 0.218. The van der Waals surface area contributed by atoms with Crippen molar-refractivity contribution in [2.75, 3.05) is 29.0 Å². The number of nitrogens with one attached hydrogen (secondary N) is 1. The summed E-state index contributed by atoms with van der Waals surface area (Å²) >= 11 is 5.96. The predicted molar refractivity (Wildman–Crippen MR) is 86.8 cm³/mol. The lowest BCUT2D eigenvalue weighted by atomic mass is 10.1. The van der Waals surface area contributed by atoms with Crippen LogP contribution in [-0.4, -0.2) is 29.1 Å². The fourth-order valence-corrected chi connectivity index (χ4v) is 2.84. The molecular weight excluding hydrogens is 286 g/mol. The minimum Gasteiger partial charge on any atom is -0.381 e. The number of nitrogen functional groups attached to an aromatic ring is 1. The van der Waals surface area contributed by atoms with E-state index in [9.17, 15) is 0 Å². The van der Waals surface area contributed by atoms with Crippen molar-refractivity contribution in [2.24, 2.45) is 0 Å². The number of benzene rings is 1. The summed E-state index contributed by atoms with van der Waals surface area (Å²) in [6.07, 6.45) is 2.24. The fraction of sp³-hybridized carbons (Fsp3) is 0.333. The summed E-state index contributed by atoms with van der Waals surface area (Å²) in [7, 11) is 0. The standard InChI is InChI=1S/C15H18ClN5/c16-13-9-14(20-15(17)19-13)21-8-4-7-12(10-21)18-11-5-2-1-3-6-11/h1-3,5-6,9,12,18H,4,7-8,10H2,(H2,17,19,20). The van der Waals surface area contributed by atoms with Gasteiger partial charge in [0.15, 0.2) is 0 Å². The first-order valence-corrected chi connectivity index (χ1v) is 7.45.